The van der Waals surface area contributed by atoms with Crippen LogP contribution in [0.25, 0.3) is 0 Å². The van der Waals surface area contributed by atoms with Crippen molar-refractivity contribution < 1.29 is 19.4 Å². The summed E-state index contributed by atoms with van der Waals surface area (Å²) in [6.45, 7) is 8.78. The minimum absolute atomic E-state index is 0.0698. The molecule has 5 heteroatoms. The minimum atomic E-state index is -0.824. The van der Waals surface area contributed by atoms with Gasteiger partial charge in [-0.25, -0.2) is 0 Å². The molecular formula is C19H29NO4. The molecule has 0 spiro atoms. The number of amides is 1. The second-order valence-electron chi connectivity index (χ2n) is 7.15. The van der Waals surface area contributed by atoms with E-state index in [2.05, 4.69) is 38.2 Å². The Labute approximate surface area is 144 Å². The molecule has 2 N–H and O–H groups in total. The van der Waals surface area contributed by atoms with Gasteiger partial charge in [-0.2, -0.15) is 0 Å². The number of carbonyl (C=O) groups excluding carboxylic acids is 1. The number of hydrogen-bond donors (Lipinski definition) is 2. The molecule has 0 aliphatic carbocycles. The van der Waals surface area contributed by atoms with Crippen LogP contribution < -0.4 is 10.1 Å². The van der Waals surface area contributed by atoms with E-state index in [0.717, 1.165) is 5.75 Å². The first-order valence-electron chi connectivity index (χ1n) is 8.43. The van der Waals surface area contributed by atoms with Gasteiger partial charge in [-0.3, -0.25) is 9.59 Å². The number of carboxylic acids is 1. The van der Waals surface area contributed by atoms with E-state index in [4.69, 9.17) is 9.84 Å². The predicted octanol–water partition coefficient (Wildman–Crippen LogP) is 3.51. The van der Waals surface area contributed by atoms with E-state index in [1.165, 1.54) is 5.56 Å². The van der Waals surface area contributed by atoms with Crippen molar-refractivity contribution in [2.45, 2.75) is 64.8 Å². The van der Waals surface area contributed by atoms with Crippen LogP contribution in [0.3, 0.4) is 0 Å². The molecular weight excluding hydrogens is 306 g/mol. The molecule has 1 atom stereocenters. The normalized spacial score (nSPS) is 12.5. The lowest BCUT2D eigenvalue weighted by Gasteiger charge is -2.20. The largest absolute Gasteiger partial charge is 0.491 e. The number of benzene rings is 1. The van der Waals surface area contributed by atoms with Crippen LogP contribution in [0.15, 0.2) is 24.3 Å². The lowest BCUT2D eigenvalue weighted by atomic mass is 9.87. The summed E-state index contributed by atoms with van der Waals surface area (Å²) in [5, 5.41) is 11.4. The van der Waals surface area contributed by atoms with Crippen LogP contribution in [0.2, 0.25) is 0 Å². The fourth-order valence-electron chi connectivity index (χ4n) is 2.22. The summed E-state index contributed by atoms with van der Waals surface area (Å²) in [5.74, 6) is -0.111. The molecule has 0 saturated heterocycles. The fraction of sp³-hybridized carbons (Fsp3) is 0.579. The Bertz CT molecular complexity index is 531. The lowest BCUT2D eigenvalue weighted by molar-refractivity contribution is -0.137. The maximum atomic E-state index is 11.8. The van der Waals surface area contributed by atoms with Crippen LogP contribution in [0.1, 0.15) is 58.9 Å². The van der Waals surface area contributed by atoms with E-state index >= 15 is 0 Å². The number of carboxylic acid groups (broad SMARTS) is 1. The van der Waals surface area contributed by atoms with E-state index < -0.39 is 5.97 Å². The molecule has 0 heterocycles. The van der Waals surface area contributed by atoms with Crippen LogP contribution in [-0.4, -0.2) is 29.6 Å². The molecule has 5 nitrogen and oxygen atoms in total. The fourth-order valence-corrected chi connectivity index (χ4v) is 2.22. The van der Waals surface area contributed by atoms with Gasteiger partial charge in [0.05, 0.1) is 6.04 Å². The molecule has 1 aromatic carbocycles. The Kier molecular flexibility index (Phi) is 7.75. The topological polar surface area (TPSA) is 75.6 Å². The molecule has 1 amide bonds. The Hall–Kier alpha value is -2.04. The molecule has 1 unspecified atom stereocenters. The number of unbranched alkanes of at least 4 members (excludes halogenated alkanes) is 1. The van der Waals surface area contributed by atoms with Gasteiger partial charge in [0.15, 0.2) is 0 Å². The second kappa shape index (κ2) is 9.30. The average molecular weight is 335 g/mol. The van der Waals surface area contributed by atoms with E-state index in [1.54, 1.807) is 0 Å². The lowest BCUT2D eigenvalue weighted by Crippen LogP contribution is -2.36. The summed E-state index contributed by atoms with van der Waals surface area (Å²) in [5.41, 5.74) is 1.36. The van der Waals surface area contributed by atoms with Crippen LogP contribution in [0.5, 0.6) is 5.75 Å². The highest BCUT2D eigenvalue weighted by Gasteiger charge is 2.13. The smallest absolute Gasteiger partial charge is 0.303 e. The standard InChI is InChI=1S/C19H29NO4/c1-14(20-17(21)7-5-6-8-18(22)23)13-24-16-11-9-15(10-12-16)19(2,3)4/h9-12,14H,5-8,13H2,1-4H3,(H,20,21)(H,22,23). The van der Waals surface area contributed by atoms with Gasteiger partial charge in [0.25, 0.3) is 0 Å². The quantitative estimate of drug-likeness (QED) is 0.677. The molecule has 0 aliphatic heterocycles. The van der Waals surface area contributed by atoms with Gasteiger partial charge in [-0.05, 0) is 42.9 Å². The third-order valence-electron chi connectivity index (χ3n) is 3.67. The number of rotatable bonds is 9. The molecule has 1 rings (SSSR count). The molecule has 0 radical (unpaired) electrons. The van der Waals surface area contributed by atoms with E-state index in [0.29, 0.717) is 25.9 Å². The Balaban J connectivity index is 2.29. The molecule has 0 bridgehead atoms. The van der Waals surface area contributed by atoms with Gasteiger partial charge in [-0.1, -0.05) is 32.9 Å². The Morgan fingerprint density at radius 3 is 2.25 bits per heavy atom. The first-order valence-corrected chi connectivity index (χ1v) is 8.43. The number of hydrogen-bond acceptors (Lipinski definition) is 3. The predicted molar refractivity (Wildman–Crippen MR) is 94.3 cm³/mol. The summed E-state index contributed by atoms with van der Waals surface area (Å²) in [6.07, 6.45) is 1.56. The number of ether oxygens (including phenoxy) is 1. The van der Waals surface area contributed by atoms with Crippen molar-refractivity contribution in [3.8, 4) is 5.75 Å². The first-order chi connectivity index (χ1) is 11.2. The maximum absolute atomic E-state index is 11.8. The third kappa shape index (κ3) is 7.99. The highest BCUT2D eigenvalue weighted by atomic mass is 16.5. The first kappa shape index (κ1) is 20.0. The molecule has 0 aromatic heterocycles. The highest BCUT2D eigenvalue weighted by molar-refractivity contribution is 5.76. The monoisotopic (exact) mass is 335 g/mol. The van der Waals surface area contributed by atoms with Crippen molar-refractivity contribution in [3.05, 3.63) is 29.8 Å². The van der Waals surface area contributed by atoms with Crippen molar-refractivity contribution in [1.29, 1.82) is 0 Å². The van der Waals surface area contributed by atoms with Crippen molar-refractivity contribution in [1.82, 2.24) is 5.32 Å². The van der Waals surface area contributed by atoms with Gasteiger partial charge in [0.2, 0.25) is 5.91 Å². The number of aliphatic carboxylic acids is 1. The molecule has 1 aromatic rings. The number of nitrogens with one attached hydrogen (secondary N) is 1. The Morgan fingerprint density at radius 1 is 1.12 bits per heavy atom. The van der Waals surface area contributed by atoms with Crippen LogP contribution in [-0.2, 0) is 15.0 Å². The van der Waals surface area contributed by atoms with Gasteiger partial charge in [0, 0.05) is 12.8 Å². The second-order valence-corrected chi connectivity index (χ2v) is 7.15. The summed E-state index contributed by atoms with van der Waals surface area (Å²) in [4.78, 5) is 22.2. The Morgan fingerprint density at radius 2 is 1.71 bits per heavy atom. The van der Waals surface area contributed by atoms with Gasteiger partial charge < -0.3 is 15.2 Å². The molecule has 134 valence electrons. The van der Waals surface area contributed by atoms with Gasteiger partial charge in [0.1, 0.15) is 12.4 Å². The third-order valence-corrected chi connectivity index (χ3v) is 3.67. The minimum Gasteiger partial charge on any atom is -0.491 e. The SMILES string of the molecule is CC(COc1ccc(C(C)(C)C)cc1)NC(=O)CCCCC(=O)O. The van der Waals surface area contributed by atoms with Gasteiger partial charge >= 0.3 is 5.97 Å². The highest BCUT2D eigenvalue weighted by Crippen LogP contribution is 2.24. The summed E-state index contributed by atoms with van der Waals surface area (Å²) >= 11 is 0. The molecule has 0 saturated carbocycles. The van der Waals surface area contributed by atoms with E-state index in [1.807, 2.05) is 19.1 Å². The van der Waals surface area contributed by atoms with Crippen molar-refractivity contribution in [2.24, 2.45) is 0 Å². The summed E-state index contributed by atoms with van der Waals surface area (Å²) in [6, 6.07) is 7.91. The van der Waals surface area contributed by atoms with Crippen LogP contribution >= 0.6 is 0 Å². The summed E-state index contributed by atoms with van der Waals surface area (Å²) in [7, 11) is 0. The van der Waals surface area contributed by atoms with Crippen LogP contribution in [0.4, 0.5) is 0 Å². The molecule has 0 fully saturated rings. The molecule has 24 heavy (non-hydrogen) atoms. The zero-order chi connectivity index (χ0) is 18.2. The van der Waals surface area contributed by atoms with E-state index in [9.17, 15) is 9.59 Å². The van der Waals surface area contributed by atoms with Gasteiger partial charge in [-0.15, -0.1) is 0 Å². The molecule has 0 aliphatic rings. The average Bonchev–Trinajstić information content (AvgIpc) is 2.49. The van der Waals surface area contributed by atoms with Crippen molar-refractivity contribution in [2.75, 3.05) is 6.61 Å². The van der Waals surface area contributed by atoms with E-state index in [-0.39, 0.29) is 23.8 Å². The zero-order valence-corrected chi connectivity index (χ0v) is 15.1. The van der Waals surface area contributed by atoms with Crippen molar-refractivity contribution >= 4 is 11.9 Å². The summed E-state index contributed by atoms with van der Waals surface area (Å²) < 4.78 is 5.70. The number of carbonyl (C=O) groups is 2. The van der Waals surface area contributed by atoms with Crippen LogP contribution in [0, 0.1) is 0 Å². The van der Waals surface area contributed by atoms with Crippen molar-refractivity contribution in [3.63, 3.8) is 0 Å². The maximum Gasteiger partial charge on any atom is 0.303 e. The zero-order valence-electron chi connectivity index (χ0n) is 15.1.